The van der Waals surface area contributed by atoms with Gasteiger partial charge in [-0.25, -0.2) is 8.78 Å². The molecule has 0 bridgehead atoms. The van der Waals surface area contributed by atoms with E-state index in [1.54, 1.807) is 24.1 Å². The van der Waals surface area contributed by atoms with Gasteiger partial charge in [0.15, 0.2) is 0 Å². The molecule has 0 unspecified atom stereocenters. The van der Waals surface area contributed by atoms with E-state index in [2.05, 4.69) is 10.6 Å². The third-order valence-corrected chi connectivity index (χ3v) is 6.80. The third-order valence-electron chi connectivity index (χ3n) is 5.57. The van der Waals surface area contributed by atoms with Crippen molar-refractivity contribution in [3.8, 4) is 0 Å². The predicted molar refractivity (Wildman–Crippen MR) is 136 cm³/mol. The molecule has 1 aliphatic heterocycles. The molecule has 196 valence electrons. The number of benzene rings is 1. The van der Waals surface area contributed by atoms with E-state index in [4.69, 9.17) is 16.3 Å². The molecule has 12 heteroatoms. The number of ether oxygens (including phenoxy) is 1. The molecule has 0 spiro atoms. The van der Waals surface area contributed by atoms with Gasteiger partial charge in [-0.2, -0.15) is 0 Å². The molecule has 36 heavy (non-hydrogen) atoms. The number of likely N-dealkylation sites (N-methyl/N-ethyl adjacent to an activating group) is 1. The first-order chi connectivity index (χ1) is 17.1. The molecule has 2 heterocycles. The van der Waals surface area contributed by atoms with Gasteiger partial charge >= 0.3 is 0 Å². The van der Waals surface area contributed by atoms with Crippen LogP contribution in [0.25, 0.3) is 0 Å². The zero-order chi connectivity index (χ0) is 26.4. The first-order valence-electron chi connectivity index (χ1n) is 11.4. The van der Waals surface area contributed by atoms with E-state index in [0.29, 0.717) is 28.1 Å². The van der Waals surface area contributed by atoms with Gasteiger partial charge in [0.2, 0.25) is 5.91 Å². The van der Waals surface area contributed by atoms with E-state index in [1.807, 2.05) is 13.8 Å². The van der Waals surface area contributed by atoms with Gasteiger partial charge < -0.3 is 20.3 Å². The Hall–Kier alpha value is -2.60. The van der Waals surface area contributed by atoms with Crippen LogP contribution in [0, 0.1) is 5.92 Å². The smallest absolute Gasteiger partial charge is 0.265 e. The summed E-state index contributed by atoms with van der Waals surface area (Å²) in [4.78, 5) is 41.4. The van der Waals surface area contributed by atoms with Crippen molar-refractivity contribution in [3.05, 3.63) is 45.1 Å². The normalized spacial score (nSPS) is 15.0. The molecule has 1 aromatic heterocycles. The summed E-state index contributed by atoms with van der Waals surface area (Å²) in [5.41, 5.74) is -0.145. The summed E-state index contributed by atoms with van der Waals surface area (Å²) in [5, 5.41) is 5.33. The predicted octanol–water partition coefficient (Wildman–Crippen LogP) is 4.03. The lowest BCUT2D eigenvalue weighted by atomic mass is 10.1. The number of anilines is 2. The zero-order valence-electron chi connectivity index (χ0n) is 20.2. The van der Waals surface area contributed by atoms with Crippen LogP contribution in [0.15, 0.2) is 30.3 Å². The number of nitrogens with zero attached hydrogens (tertiary/aromatic N) is 2. The van der Waals surface area contributed by atoms with E-state index in [9.17, 15) is 23.2 Å². The minimum Gasteiger partial charge on any atom is -0.370 e. The Kier molecular flexibility index (Phi) is 9.77. The maximum absolute atomic E-state index is 13.9. The van der Waals surface area contributed by atoms with Crippen molar-refractivity contribution >= 4 is 52.0 Å². The molecule has 8 nitrogen and oxygen atoms in total. The van der Waals surface area contributed by atoms with E-state index in [1.165, 1.54) is 23.1 Å². The number of morpholine rings is 1. The largest absolute Gasteiger partial charge is 0.370 e. The van der Waals surface area contributed by atoms with E-state index in [-0.39, 0.29) is 43.1 Å². The lowest BCUT2D eigenvalue weighted by Crippen LogP contribution is -2.50. The molecule has 3 amide bonds. The summed E-state index contributed by atoms with van der Waals surface area (Å²) < 4.78 is 33.4. The number of alkyl halides is 2. The van der Waals surface area contributed by atoms with Crippen LogP contribution in [0.4, 0.5) is 20.2 Å². The van der Waals surface area contributed by atoms with Crippen molar-refractivity contribution < 1.29 is 27.9 Å². The molecular weight excluding hydrogens is 514 g/mol. The van der Waals surface area contributed by atoms with Crippen molar-refractivity contribution in [2.75, 3.05) is 50.1 Å². The van der Waals surface area contributed by atoms with Crippen LogP contribution in [0.2, 0.25) is 4.34 Å². The van der Waals surface area contributed by atoms with Crippen LogP contribution in [0.3, 0.4) is 0 Å². The van der Waals surface area contributed by atoms with E-state index in [0.717, 1.165) is 11.3 Å². The minimum absolute atomic E-state index is 0.0339. The van der Waals surface area contributed by atoms with Crippen molar-refractivity contribution in [2.45, 2.75) is 26.3 Å². The fourth-order valence-corrected chi connectivity index (χ4v) is 4.84. The molecule has 1 aliphatic rings. The Morgan fingerprint density at radius 3 is 2.61 bits per heavy atom. The van der Waals surface area contributed by atoms with E-state index >= 15 is 0 Å². The van der Waals surface area contributed by atoms with Crippen molar-refractivity contribution in [2.24, 2.45) is 5.92 Å². The Balaban J connectivity index is 1.79. The first-order valence-corrected chi connectivity index (χ1v) is 12.6. The zero-order valence-corrected chi connectivity index (χ0v) is 21.8. The van der Waals surface area contributed by atoms with Gasteiger partial charge in [-0.15, -0.1) is 11.3 Å². The van der Waals surface area contributed by atoms with Crippen LogP contribution in [0.5, 0.6) is 0 Å². The Morgan fingerprint density at radius 2 is 2.00 bits per heavy atom. The number of carbonyl (C=O) groups excluding carboxylic acids is 3. The van der Waals surface area contributed by atoms with Crippen LogP contribution >= 0.6 is 22.9 Å². The maximum Gasteiger partial charge on any atom is 0.265 e. The topological polar surface area (TPSA) is 91.0 Å². The van der Waals surface area contributed by atoms with Gasteiger partial charge in [-0.3, -0.25) is 19.3 Å². The number of hydrogen-bond acceptors (Lipinski definition) is 6. The van der Waals surface area contributed by atoms with Crippen molar-refractivity contribution in [3.63, 3.8) is 0 Å². The summed E-state index contributed by atoms with van der Waals surface area (Å²) in [6.07, 6.45) is -2.88. The average Bonchev–Trinajstić information content (AvgIpc) is 3.25. The highest BCUT2D eigenvalue weighted by Crippen LogP contribution is 2.32. The van der Waals surface area contributed by atoms with Crippen LogP contribution < -0.4 is 15.5 Å². The summed E-state index contributed by atoms with van der Waals surface area (Å²) in [7, 11) is 1.74. The van der Waals surface area contributed by atoms with Gasteiger partial charge in [0.05, 0.1) is 15.8 Å². The summed E-state index contributed by atoms with van der Waals surface area (Å²) in [5.74, 6) is -1.02. The van der Waals surface area contributed by atoms with Gasteiger partial charge in [0, 0.05) is 36.6 Å². The molecule has 0 aliphatic carbocycles. The number of amides is 3. The third kappa shape index (κ3) is 7.22. The van der Waals surface area contributed by atoms with Gasteiger partial charge in [0.1, 0.15) is 12.6 Å². The number of nitrogens with one attached hydrogen (secondary N) is 2. The van der Waals surface area contributed by atoms with Gasteiger partial charge in [0.25, 0.3) is 18.2 Å². The average molecular weight is 543 g/mol. The highest BCUT2D eigenvalue weighted by molar-refractivity contribution is 7.18. The number of carbonyl (C=O) groups is 3. The number of hydrogen-bond donors (Lipinski definition) is 2. The van der Waals surface area contributed by atoms with Crippen molar-refractivity contribution in [1.29, 1.82) is 0 Å². The highest BCUT2D eigenvalue weighted by atomic mass is 35.5. The second-order valence-electron chi connectivity index (χ2n) is 8.82. The minimum atomic E-state index is -2.88. The molecule has 3 rings (SSSR count). The summed E-state index contributed by atoms with van der Waals surface area (Å²) in [6.45, 7) is 4.92. The quantitative estimate of drug-likeness (QED) is 0.473. The summed E-state index contributed by atoms with van der Waals surface area (Å²) in [6, 6.07) is 6.46. The molecule has 2 aromatic rings. The maximum atomic E-state index is 13.9. The summed E-state index contributed by atoms with van der Waals surface area (Å²) >= 11 is 7.02. The second-order valence-corrected chi connectivity index (χ2v) is 10.5. The first kappa shape index (κ1) is 28.0. The number of thiophene rings is 1. The molecule has 2 N–H and O–H groups in total. The highest BCUT2D eigenvalue weighted by Gasteiger charge is 2.28. The van der Waals surface area contributed by atoms with Crippen LogP contribution in [-0.4, -0.2) is 68.6 Å². The number of halogens is 3. The van der Waals surface area contributed by atoms with Crippen molar-refractivity contribution in [1.82, 2.24) is 10.2 Å². The molecule has 1 saturated heterocycles. The Labute approximate surface area is 217 Å². The van der Waals surface area contributed by atoms with Gasteiger partial charge in [-0.05, 0) is 43.3 Å². The molecular formula is C24H29ClF2N4O4S. The van der Waals surface area contributed by atoms with Gasteiger partial charge in [-0.1, -0.05) is 25.4 Å². The lowest BCUT2D eigenvalue weighted by molar-refractivity contribution is -0.125. The number of rotatable bonds is 10. The molecule has 0 saturated carbocycles. The van der Waals surface area contributed by atoms with Crippen LogP contribution in [-0.2, 0) is 14.3 Å². The monoisotopic (exact) mass is 542 g/mol. The molecule has 1 fully saturated rings. The SMILES string of the molecule is CC(C)CN(C)[C@H](CNC(=O)c1ccc(Cl)s1)C(=O)Nc1ccc(N2CCOCC2=O)cc1C(F)F. The Morgan fingerprint density at radius 1 is 1.25 bits per heavy atom. The fraction of sp³-hybridized carbons (Fsp3) is 0.458. The molecule has 0 radical (unpaired) electrons. The lowest BCUT2D eigenvalue weighted by Gasteiger charge is -2.29. The molecule has 1 aromatic carbocycles. The fourth-order valence-electron chi connectivity index (χ4n) is 3.88. The Bertz CT molecular complexity index is 1100. The second kappa shape index (κ2) is 12.6. The van der Waals surface area contributed by atoms with E-state index < -0.39 is 23.9 Å². The van der Waals surface area contributed by atoms with Crippen LogP contribution in [0.1, 0.15) is 35.5 Å². The molecule has 1 atom stereocenters. The standard InChI is InChI=1S/C24H29ClF2N4O4S/c1-14(2)12-30(3)18(11-28-24(34)19-6-7-20(25)36-19)23(33)29-17-5-4-15(10-16(17)22(26)27)31-8-9-35-13-21(31)32/h4-7,10,14,18,22H,8-9,11-13H2,1-3H3,(H,28,34)(H,29,33)/t18-/m1/s1.